The average Bonchev–Trinajstić information content (AvgIpc) is 3.01. The monoisotopic (exact) mass is 278 g/mol. The number of hydrogen-bond donors (Lipinski definition) is 2. The van der Waals surface area contributed by atoms with E-state index in [2.05, 4.69) is 10.3 Å². The third-order valence-corrected chi connectivity index (χ3v) is 3.08. The number of rotatable bonds is 3. The Morgan fingerprint density at radius 3 is 2.62 bits per heavy atom. The molecule has 5 heteroatoms. The highest BCUT2D eigenvalue weighted by Gasteiger charge is 2.06. The largest absolute Gasteiger partial charge is 0.399 e. The molecule has 0 atom stereocenters. The van der Waals surface area contributed by atoms with E-state index in [0.717, 1.165) is 5.69 Å². The number of anilines is 2. The second kappa shape index (κ2) is 5.50. The molecular weight excluding hydrogens is 264 g/mol. The van der Waals surface area contributed by atoms with Crippen molar-refractivity contribution in [3.05, 3.63) is 72.8 Å². The van der Waals surface area contributed by atoms with Gasteiger partial charge in [-0.15, -0.1) is 0 Å². The Labute approximate surface area is 122 Å². The lowest BCUT2D eigenvalue weighted by Crippen LogP contribution is -2.12. The quantitative estimate of drug-likeness (QED) is 0.723. The first-order valence-corrected chi connectivity index (χ1v) is 6.48. The number of nitrogens with zero attached hydrogens (tertiary/aromatic N) is 2. The fourth-order valence-corrected chi connectivity index (χ4v) is 2.02. The van der Waals surface area contributed by atoms with Crippen LogP contribution in [0.5, 0.6) is 0 Å². The third kappa shape index (κ3) is 2.92. The maximum Gasteiger partial charge on any atom is 0.255 e. The molecule has 0 radical (unpaired) electrons. The van der Waals surface area contributed by atoms with Crippen molar-refractivity contribution < 1.29 is 4.79 Å². The van der Waals surface area contributed by atoms with Gasteiger partial charge in [0.05, 0.1) is 6.33 Å². The molecule has 0 saturated carbocycles. The number of amides is 1. The smallest absolute Gasteiger partial charge is 0.255 e. The lowest BCUT2D eigenvalue weighted by Gasteiger charge is -2.07. The first-order chi connectivity index (χ1) is 10.2. The second-order valence-electron chi connectivity index (χ2n) is 4.60. The fourth-order valence-electron chi connectivity index (χ4n) is 2.02. The Morgan fingerprint density at radius 1 is 1.14 bits per heavy atom. The first-order valence-electron chi connectivity index (χ1n) is 6.48. The van der Waals surface area contributed by atoms with Crippen LogP contribution in [0.4, 0.5) is 11.4 Å². The minimum absolute atomic E-state index is 0.169. The summed E-state index contributed by atoms with van der Waals surface area (Å²) in [5.74, 6) is -0.169. The molecule has 3 aromatic rings. The van der Waals surface area contributed by atoms with E-state index in [0.29, 0.717) is 16.9 Å². The molecule has 1 amide bonds. The minimum atomic E-state index is -0.169. The van der Waals surface area contributed by atoms with Crippen molar-refractivity contribution in [2.45, 2.75) is 0 Å². The molecule has 0 unspecified atom stereocenters. The molecule has 0 bridgehead atoms. The fraction of sp³-hybridized carbons (Fsp3) is 0. The molecule has 5 nitrogen and oxygen atoms in total. The summed E-state index contributed by atoms with van der Waals surface area (Å²) in [5, 5.41) is 2.82. The molecule has 0 spiro atoms. The summed E-state index contributed by atoms with van der Waals surface area (Å²) in [4.78, 5) is 16.1. The van der Waals surface area contributed by atoms with E-state index in [1.54, 1.807) is 48.9 Å². The number of benzene rings is 2. The van der Waals surface area contributed by atoms with Gasteiger partial charge >= 0.3 is 0 Å². The van der Waals surface area contributed by atoms with Crippen LogP contribution in [0.25, 0.3) is 5.69 Å². The van der Waals surface area contributed by atoms with Gasteiger partial charge in [0.2, 0.25) is 0 Å². The van der Waals surface area contributed by atoms with E-state index in [1.807, 2.05) is 22.9 Å². The van der Waals surface area contributed by atoms with E-state index in [9.17, 15) is 4.79 Å². The number of nitrogens with one attached hydrogen (secondary N) is 1. The summed E-state index contributed by atoms with van der Waals surface area (Å²) in [6.07, 6.45) is 5.27. The molecule has 0 fully saturated rings. The highest BCUT2D eigenvalue weighted by atomic mass is 16.1. The van der Waals surface area contributed by atoms with Gasteiger partial charge in [-0.3, -0.25) is 4.79 Å². The number of nitrogen functional groups attached to an aromatic ring is 1. The topological polar surface area (TPSA) is 72.9 Å². The van der Waals surface area contributed by atoms with E-state index < -0.39 is 0 Å². The maximum absolute atomic E-state index is 12.2. The van der Waals surface area contributed by atoms with Gasteiger partial charge in [-0.25, -0.2) is 4.98 Å². The van der Waals surface area contributed by atoms with Gasteiger partial charge < -0.3 is 15.6 Å². The molecule has 0 saturated heterocycles. The van der Waals surface area contributed by atoms with Crippen LogP contribution in [0.2, 0.25) is 0 Å². The Morgan fingerprint density at radius 2 is 1.95 bits per heavy atom. The Hall–Kier alpha value is -3.08. The van der Waals surface area contributed by atoms with Gasteiger partial charge in [-0.1, -0.05) is 6.07 Å². The van der Waals surface area contributed by atoms with Gasteiger partial charge in [0.1, 0.15) is 0 Å². The molecule has 3 N–H and O–H groups in total. The molecule has 3 rings (SSSR count). The third-order valence-electron chi connectivity index (χ3n) is 3.08. The van der Waals surface area contributed by atoms with Crippen molar-refractivity contribution in [2.75, 3.05) is 11.1 Å². The molecule has 2 aromatic carbocycles. The number of carbonyl (C=O) groups is 1. The number of carbonyl (C=O) groups excluding carboxylic acids is 1. The lowest BCUT2D eigenvalue weighted by molar-refractivity contribution is 0.102. The summed E-state index contributed by atoms with van der Waals surface area (Å²) < 4.78 is 1.87. The highest BCUT2D eigenvalue weighted by Crippen LogP contribution is 2.14. The summed E-state index contributed by atoms with van der Waals surface area (Å²) in [6, 6.07) is 14.4. The first kappa shape index (κ1) is 12.9. The van der Waals surface area contributed by atoms with Crippen molar-refractivity contribution in [1.82, 2.24) is 9.55 Å². The van der Waals surface area contributed by atoms with Crippen molar-refractivity contribution in [3.8, 4) is 5.69 Å². The van der Waals surface area contributed by atoms with Crippen LogP contribution in [0.15, 0.2) is 67.3 Å². The van der Waals surface area contributed by atoms with Gasteiger partial charge in [0.15, 0.2) is 0 Å². The second-order valence-corrected chi connectivity index (χ2v) is 4.60. The van der Waals surface area contributed by atoms with E-state index >= 15 is 0 Å². The molecule has 0 aliphatic heterocycles. The number of nitrogens with two attached hydrogens (primary N) is 1. The lowest BCUT2D eigenvalue weighted by atomic mass is 10.2. The number of imidazole rings is 1. The molecule has 0 aliphatic rings. The molecule has 21 heavy (non-hydrogen) atoms. The normalized spacial score (nSPS) is 10.3. The average molecular weight is 278 g/mol. The van der Waals surface area contributed by atoms with Crippen molar-refractivity contribution in [1.29, 1.82) is 0 Å². The predicted octanol–water partition coefficient (Wildman–Crippen LogP) is 2.71. The van der Waals surface area contributed by atoms with Crippen LogP contribution in [0.3, 0.4) is 0 Å². The Kier molecular flexibility index (Phi) is 3.39. The van der Waals surface area contributed by atoms with Crippen molar-refractivity contribution >= 4 is 17.3 Å². The van der Waals surface area contributed by atoms with Gasteiger partial charge in [0, 0.05) is 35.0 Å². The Bertz CT molecular complexity index is 748. The highest BCUT2D eigenvalue weighted by molar-refractivity contribution is 6.04. The summed E-state index contributed by atoms with van der Waals surface area (Å²) in [5.41, 5.74) is 8.52. The van der Waals surface area contributed by atoms with Crippen LogP contribution in [-0.4, -0.2) is 15.5 Å². The predicted molar refractivity (Wildman–Crippen MR) is 82.4 cm³/mol. The zero-order chi connectivity index (χ0) is 14.7. The molecule has 1 heterocycles. The van der Waals surface area contributed by atoms with Crippen molar-refractivity contribution in [3.63, 3.8) is 0 Å². The summed E-state index contributed by atoms with van der Waals surface area (Å²) in [6.45, 7) is 0. The van der Waals surface area contributed by atoms with Crippen LogP contribution in [0.1, 0.15) is 10.4 Å². The van der Waals surface area contributed by atoms with Crippen LogP contribution in [0, 0.1) is 0 Å². The number of hydrogen-bond acceptors (Lipinski definition) is 3. The van der Waals surface area contributed by atoms with E-state index in [-0.39, 0.29) is 5.91 Å². The summed E-state index contributed by atoms with van der Waals surface area (Å²) >= 11 is 0. The van der Waals surface area contributed by atoms with Gasteiger partial charge in [-0.2, -0.15) is 0 Å². The zero-order valence-corrected chi connectivity index (χ0v) is 11.2. The maximum atomic E-state index is 12.2. The SMILES string of the molecule is Nc1cccc(NC(=O)c2ccc(-n3ccnc3)cc2)c1. The van der Waals surface area contributed by atoms with Gasteiger partial charge in [0.25, 0.3) is 5.91 Å². The standard InChI is InChI=1S/C16H14N4O/c17-13-2-1-3-14(10-13)19-16(21)12-4-6-15(7-5-12)20-9-8-18-11-20/h1-11H,17H2,(H,19,21). The molecule has 1 aromatic heterocycles. The minimum Gasteiger partial charge on any atom is -0.399 e. The molecule has 104 valence electrons. The Balaban J connectivity index is 1.76. The van der Waals surface area contributed by atoms with Crippen LogP contribution >= 0.6 is 0 Å². The van der Waals surface area contributed by atoms with E-state index in [1.165, 1.54) is 0 Å². The van der Waals surface area contributed by atoms with Crippen molar-refractivity contribution in [2.24, 2.45) is 0 Å². The molecule has 0 aliphatic carbocycles. The summed E-state index contributed by atoms with van der Waals surface area (Å²) in [7, 11) is 0. The van der Waals surface area contributed by atoms with E-state index in [4.69, 9.17) is 5.73 Å². The van der Waals surface area contributed by atoms with Gasteiger partial charge in [-0.05, 0) is 42.5 Å². The zero-order valence-electron chi connectivity index (χ0n) is 11.2. The van der Waals surface area contributed by atoms with Crippen LogP contribution < -0.4 is 11.1 Å². The number of aromatic nitrogens is 2. The van der Waals surface area contributed by atoms with Crippen LogP contribution in [-0.2, 0) is 0 Å². The molecular formula is C16H14N4O.